The minimum atomic E-state index is 0.154. The van der Waals surface area contributed by atoms with Gasteiger partial charge in [0, 0.05) is 0 Å². The Morgan fingerprint density at radius 1 is 1.58 bits per heavy atom. The second-order valence-corrected chi connectivity index (χ2v) is 4.41. The van der Waals surface area contributed by atoms with Crippen LogP contribution in [0.3, 0.4) is 0 Å². The fourth-order valence-electron chi connectivity index (χ4n) is 0.957. The summed E-state index contributed by atoms with van der Waals surface area (Å²) in [7, 11) is 0. The number of anilines is 1. The van der Waals surface area contributed by atoms with Gasteiger partial charge in [0.1, 0.15) is 0 Å². The molecule has 1 aromatic heterocycles. The second-order valence-electron chi connectivity index (χ2n) is 2.29. The van der Waals surface area contributed by atoms with Crippen LogP contribution in [-0.2, 0) is 0 Å². The summed E-state index contributed by atoms with van der Waals surface area (Å²) in [6.07, 6.45) is 1.69. The van der Waals surface area contributed by atoms with Crippen molar-refractivity contribution in [2.45, 2.75) is 13.8 Å². The van der Waals surface area contributed by atoms with E-state index in [1.807, 2.05) is 0 Å². The topological polar surface area (TPSA) is 39.9 Å². The molecule has 1 heterocycles. The Morgan fingerprint density at radius 2 is 2.25 bits per heavy atom. The van der Waals surface area contributed by atoms with E-state index in [1.165, 1.54) is 0 Å². The van der Waals surface area contributed by atoms with Crippen LogP contribution in [0.1, 0.15) is 18.3 Å². The van der Waals surface area contributed by atoms with Crippen molar-refractivity contribution in [3.63, 3.8) is 0 Å². The summed E-state index contributed by atoms with van der Waals surface area (Å²) in [4.78, 5) is 6.41. The van der Waals surface area contributed by atoms with Gasteiger partial charge in [0.05, 0.1) is 0 Å². The molecule has 0 aliphatic heterocycles. The van der Waals surface area contributed by atoms with E-state index in [0.717, 1.165) is 22.2 Å². The summed E-state index contributed by atoms with van der Waals surface area (Å²) in [5.74, 6) is 0. The summed E-state index contributed by atoms with van der Waals surface area (Å²) in [6, 6.07) is 2.14. The monoisotopic (exact) mass is 229 g/mol. The Hall–Kier alpha value is -0.781. The maximum absolute atomic E-state index is 8.62. The number of aromatic nitrogens is 1. The van der Waals surface area contributed by atoms with Gasteiger partial charge >= 0.3 is 78.0 Å². The Bertz CT molecular complexity index is 283. The molecule has 1 rings (SSSR count). The third-order valence-electron chi connectivity index (χ3n) is 1.64. The molecule has 0 radical (unpaired) electrons. The van der Waals surface area contributed by atoms with Crippen LogP contribution in [0.2, 0.25) is 0 Å². The van der Waals surface area contributed by atoms with Crippen LogP contribution in [0, 0.1) is 11.3 Å². The molecule has 64 valence electrons. The first-order valence-corrected chi connectivity index (χ1v) is 5.64. The van der Waals surface area contributed by atoms with Crippen molar-refractivity contribution in [3.8, 4) is 6.07 Å². The van der Waals surface area contributed by atoms with Gasteiger partial charge in [0.2, 0.25) is 0 Å². The Balaban J connectivity index is 2.81. The standard InChI is InChI=1S/C8H11N3Se/c1-3-11(4-2)8-10-6-7(5-9)12-8/h6H,3-4H2,1-2H3. The van der Waals surface area contributed by atoms with Gasteiger partial charge in [-0.2, -0.15) is 0 Å². The summed E-state index contributed by atoms with van der Waals surface area (Å²) in [5, 5.41) is 8.62. The van der Waals surface area contributed by atoms with Gasteiger partial charge in [-0.3, -0.25) is 0 Å². The molecule has 3 nitrogen and oxygen atoms in total. The van der Waals surface area contributed by atoms with Crippen molar-refractivity contribution in [1.29, 1.82) is 5.26 Å². The van der Waals surface area contributed by atoms with Crippen LogP contribution in [0.25, 0.3) is 0 Å². The van der Waals surface area contributed by atoms with Crippen molar-refractivity contribution in [3.05, 3.63) is 10.6 Å². The predicted molar refractivity (Wildman–Crippen MR) is 49.5 cm³/mol. The van der Waals surface area contributed by atoms with Gasteiger partial charge in [0.25, 0.3) is 0 Å². The van der Waals surface area contributed by atoms with Gasteiger partial charge in [-0.1, -0.05) is 0 Å². The molecule has 0 atom stereocenters. The maximum atomic E-state index is 8.62. The normalized spacial score (nSPS) is 9.42. The van der Waals surface area contributed by atoms with E-state index in [1.54, 1.807) is 6.20 Å². The molecular formula is C8H11N3Se. The Labute approximate surface area is 78.4 Å². The first-order valence-electron chi connectivity index (χ1n) is 3.92. The fraction of sp³-hybridized carbons (Fsp3) is 0.500. The van der Waals surface area contributed by atoms with Crippen molar-refractivity contribution >= 4 is 19.2 Å². The predicted octanol–water partition coefficient (Wildman–Crippen LogP) is 0.856. The Morgan fingerprint density at radius 3 is 2.67 bits per heavy atom. The molecule has 0 aromatic carbocycles. The average molecular weight is 228 g/mol. The third-order valence-corrected chi connectivity index (χ3v) is 3.66. The van der Waals surface area contributed by atoms with Crippen LogP contribution in [0.5, 0.6) is 0 Å². The van der Waals surface area contributed by atoms with Crippen molar-refractivity contribution < 1.29 is 0 Å². The molecule has 0 aliphatic carbocycles. The molecular weight excluding hydrogens is 217 g/mol. The number of hydrogen-bond donors (Lipinski definition) is 0. The average Bonchev–Trinajstić information content (AvgIpc) is 2.55. The van der Waals surface area contributed by atoms with Gasteiger partial charge in [-0.15, -0.1) is 0 Å². The molecule has 0 N–H and O–H groups in total. The number of rotatable bonds is 3. The van der Waals surface area contributed by atoms with E-state index < -0.39 is 0 Å². The van der Waals surface area contributed by atoms with Crippen molar-refractivity contribution in [2.75, 3.05) is 18.0 Å². The van der Waals surface area contributed by atoms with E-state index in [2.05, 4.69) is 29.8 Å². The molecule has 0 fully saturated rings. The van der Waals surface area contributed by atoms with E-state index >= 15 is 0 Å². The molecule has 4 heteroatoms. The van der Waals surface area contributed by atoms with E-state index in [9.17, 15) is 0 Å². The molecule has 0 bridgehead atoms. The molecule has 0 unspecified atom stereocenters. The zero-order valence-corrected chi connectivity index (χ0v) is 8.95. The minimum absolute atomic E-state index is 0.154. The summed E-state index contributed by atoms with van der Waals surface area (Å²) < 4.78 is 1.91. The molecule has 0 saturated carbocycles. The van der Waals surface area contributed by atoms with E-state index in [4.69, 9.17) is 5.26 Å². The first kappa shape index (κ1) is 9.31. The van der Waals surface area contributed by atoms with E-state index in [0.29, 0.717) is 0 Å². The summed E-state index contributed by atoms with van der Waals surface area (Å²) >= 11 is 0.154. The van der Waals surface area contributed by atoms with Crippen molar-refractivity contribution in [2.24, 2.45) is 0 Å². The molecule has 0 spiro atoms. The van der Waals surface area contributed by atoms with Gasteiger partial charge in [-0.25, -0.2) is 0 Å². The third kappa shape index (κ3) is 1.88. The Kier molecular flexibility index (Phi) is 3.33. The van der Waals surface area contributed by atoms with Gasteiger partial charge in [-0.05, 0) is 0 Å². The summed E-state index contributed by atoms with van der Waals surface area (Å²) in [6.45, 7) is 6.16. The molecule has 12 heavy (non-hydrogen) atoms. The fourth-order valence-corrected chi connectivity index (χ4v) is 2.72. The van der Waals surface area contributed by atoms with E-state index in [-0.39, 0.29) is 14.5 Å². The number of hydrogen-bond acceptors (Lipinski definition) is 3. The molecule has 0 aliphatic rings. The van der Waals surface area contributed by atoms with Crippen LogP contribution in [0.4, 0.5) is 4.69 Å². The zero-order valence-electron chi connectivity index (χ0n) is 7.24. The number of nitriles is 1. The van der Waals surface area contributed by atoms with Crippen LogP contribution in [0.15, 0.2) is 6.20 Å². The van der Waals surface area contributed by atoms with Crippen LogP contribution >= 0.6 is 0 Å². The molecule has 1 aromatic rings. The SMILES string of the molecule is CCN(CC)c1ncc(C#N)[se]1. The van der Waals surface area contributed by atoms with Crippen LogP contribution < -0.4 is 4.90 Å². The number of nitrogens with zero attached hydrogens (tertiary/aromatic N) is 3. The zero-order chi connectivity index (χ0) is 8.97. The summed E-state index contributed by atoms with van der Waals surface area (Å²) in [5.41, 5.74) is 0. The molecule has 0 saturated heterocycles. The quantitative estimate of drug-likeness (QED) is 0.720. The second kappa shape index (κ2) is 4.30. The van der Waals surface area contributed by atoms with Gasteiger partial charge in [0.15, 0.2) is 0 Å². The first-order chi connectivity index (χ1) is 5.81. The van der Waals surface area contributed by atoms with Crippen LogP contribution in [-0.4, -0.2) is 32.6 Å². The molecule has 0 amide bonds. The van der Waals surface area contributed by atoms with Gasteiger partial charge < -0.3 is 0 Å². The van der Waals surface area contributed by atoms with Crippen molar-refractivity contribution in [1.82, 2.24) is 4.98 Å².